The Morgan fingerprint density at radius 2 is 2.00 bits per heavy atom. The van der Waals surface area contributed by atoms with Crippen LogP contribution in [-0.4, -0.2) is 12.1 Å². The molecular formula is C13H16BrN3. The second kappa shape index (κ2) is 5.52. The van der Waals surface area contributed by atoms with Crippen LogP contribution in [0, 0.1) is 11.3 Å². The zero-order valence-electron chi connectivity index (χ0n) is 9.62. The number of nitrogens with zero attached hydrogens (tertiary/aromatic N) is 1. The van der Waals surface area contributed by atoms with Gasteiger partial charge in [0.05, 0.1) is 11.3 Å². The van der Waals surface area contributed by atoms with Gasteiger partial charge in [-0.05, 0) is 43.9 Å². The van der Waals surface area contributed by atoms with Gasteiger partial charge in [0.2, 0.25) is 0 Å². The van der Waals surface area contributed by atoms with Gasteiger partial charge < -0.3 is 11.1 Å². The van der Waals surface area contributed by atoms with Crippen LogP contribution in [0.3, 0.4) is 0 Å². The van der Waals surface area contributed by atoms with Crippen molar-refractivity contribution in [3.8, 4) is 6.07 Å². The second-order valence-electron chi connectivity index (χ2n) is 4.56. The van der Waals surface area contributed by atoms with Gasteiger partial charge in [-0.3, -0.25) is 0 Å². The maximum absolute atomic E-state index is 9.08. The lowest BCUT2D eigenvalue weighted by Gasteiger charge is -2.28. The van der Waals surface area contributed by atoms with Gasteiger partial charge in [0.15, 0.2) is 0 Å². The average molecular weight is 294 g/mol. The molecule has 17 heavy (non-hydrogen) atoms. The maximum atomic E-state index is 9.08. The van der Waals surface area contributed by atoms with Crippen LogP contribution < -0.4 is 11.1 Å². The van der Waals surface area contributed by atoms with Crippen molar-refractivity contribution in [3.05, 3.63) is 28.2 Å². The lowest BCUT2D eigenvalue weighted by atomic mass is 9.91. The van der Waals surface area contributed by atoms with Crippen molar-refractivity contribution in [2.75, 3.05) is 5.32 Å². The summed E-state index contributed by atoms with van der Waals surface area (Å²) in [7, 11) is 0. The SMILES string of the molecule is N#Cc1cc(Br)ccc1NC1CCC(N)CC1. The Bertz CT molecular complexity index is 431. The van der Waals surface area contributed by atoms with Crippen LogP contribution in [0.4, 0.5) is 5.69 Å². The first-order valence-corrected chi connectivity index (χ1v) is 6.70. The Balaban J connectivity index is 2.06. The molecule has 0 unspecified atom stereocenters. The fourth-order valence-corrected chi connectivity index (χ4v) is 2.58. The monoisotopic (exact) mass is 293 g/mol. The Morgan fingerprint density at radius 3 is 2.65 bits per heavy atom. The number of benzene rings is 1. The van der Waals surface area contributed by atoms with Crippen molar-refractivity contribution >= 4 is 21.6 Å². The molecular weight excluding hydrogens is 278 g/mol. The molecule has 0 atom stereocenters. The van der Waals surface area contributed by atoms with Crippen molar-refractivity contribution < 1.29 is 0 Å². The molecule has 1 aliphatic carbocycles. The highest BCUT2D eigenvalue weighted by atomic mass is 79.9. The third kappa shape index (κ3) is 3.21. The summed E-state index contributed by atoms with van der Waals surface area (Å²) < 4.78 is 0.935. The lowest BCUT2D eigenvalue weighted by molar-refractivity contribution is 0.411. The fraction of sp³-hybridized carbons (Fsp3) is 0.462. The first-order chi connectivity index (χ1) is 8.19. The van der Waals surface area contributed by atoms with Gasteiger partial charge in [-0.15, -0.1) is 0 Å². The molecule has 0 aliphatic heterocycles. The Hall–Kier alpha value is -1.05. The molecule has 1 aromatic carbocycles. The zero-order chi connectivity index (χ0) is 12.3. The minimum atomic E-state index is 0.355. The average Bonchev–Trinajstić information content (AvgIpc) is 2.34. The van der Waals surface area contributed by atoms with Crippen LogP contribution in [0.5, 0.6) is 0 Å². The van der Waals surface area contributed by atoms with Crippen molar-refractivity contribution in [2.24, 2.45) is 5.73 Å². The number of rotatable bonds is 2. The van der Waals surface area contributed by atoms with E-state index in [9.17, 15) is 0 Å². The molecule has 0 aromatic heterocycles. The van der Waals surface area contributed by atoms with Crippen LogP contribution in [0.25, 0.3) is 0 Å². The Kier molecular flexibility index (Phi) is 4.03. The van der Waals surface area contributed by atoms with Gasteiger partial charge in [0.1, 0.15) is 6.07 Å². The predicted molar refractivity (Wildman–Crippen MR) is 72.7 cm³/mol. The van der Waals surface area contributed by atoms with E-state index in [0.717, 1.165) is 35.8 Å². The van der Waals surface area contributed by atoms with Gasteiger partial charge in [-0.25, -0.2) is 0 Å². The molecule has 4 heteroatoms. The van der Waals surface area contributed by atoms with E-state index >= 15 is 0 Å². The molecule has 0 heterocycles. The largest absolute Gasteiger partial charge is 0.381 e. The van der Waals surface area contributed by atoms with Crippen LogP contribution in [0.1, 0.15) is 31.2 Å². The fourth-order valence-electron chi connectivity index (χ4n) is 2.22. The van der Waals surface area contributed by atoms with Crippen molar-refractivity contribution in [2.45, 2.75) is 37.8 Å². The highest BCUT2D eigenvalue weighted by molar-refractivity contribution is 9.10. The Labute approximate surface area is 110 Å². The summed E-state index contributed by atoms with van der Waals surface area (Å²) in [6, 6.07) is 8.78. The Morgan fingerprint density at radius 1 is 1.29 bits per heavy atom. The number of hydrogen-bond acceptors (Lipinski definition) is 3. The minimum absolute atomic E-state index is 0.355. The number of nitrogens with one attached hydrogen (secondary N) is 1. The van der Waals surface area contributed by atoms with Gasteiger partial charge in [-0.1, -0.05) is 15.9 Å². The second-order valence-corrected chi connectivity index (χ2v) is 5.47. The van der Waals surface area contributed by atoms with E-state index in [1.165, 1.54) is 0 Å². The quantitative estimate of drug-likeness (QED) is 0.881. The number of halogens is 1. The number of hydrogen-bond donors (Lipinski definition) is 2. The number of nitrogens with two attached hydrogens (primary N) is 1. The number of nitriles is 1. The maximum Gasteiger partial charge on any atom is 0.101 e. The van der Waals surface area contributed by atoms with E-state index in [0.29, 0.717) is 17.6 Å². The van der Waals surface area contributed by atoms with Gasteiger partial charge in [0, 0.05) is 16.6 Å². The normalized spacial score (nSPS) is 24.1. The summed E-state index contributed by atoms with van der Waals surface area (Å²) in [5, 5.41) is 12.5. The summed E-state index contributed by atoms with van der Waals surface area (Å²) in [6.07, 6.45) is 4.30. The van der Waals surface area contributed by atoms with E-state index < -0.39 is 0 Å². The molecule has 3 N–H and O–H groups in total. The zero-order valence-corrected chi connectivity index (χ0v) is 11.2. The predicted octanol–water partition coefficient (Wildman–Crippen LogP) is 3.00. The summed E-state index contributed by atoms with van der Waals surface area (Å²) >= 11 is 3.37. The third-order valence-corrected chi connectivity index (χ3v) is 3.73. The number of anilines is 1. The smallest absolute Gasteiger partial charge is 0.101 e. The van der Waals surface area contributed by atoms with Crippen LogP contribution in [-0.2, 0) is 0 Å². The minimum Gasteiger partial charge on any atom is -0.381 e. The molecule has 0 radical (unpaired) electrons. The molecule has 90 valence electrons. The van der Waals surface area contributed by atoms with Gasteiger partial charge >= 0.3 is 0 Å². The first-order valence-electron chi connectivity index (χ1n) is 5.91. The van der Waals surface area contributed by atoms with Crippen LogP contribution in [0.15, 0.2) is 22.7 Å². The highest BCUT2D eigenvalue weighted by Gasteiger charge is 2.18. The molecule has 2 rings (SSSR count). The van der Waals surface area contributed by atoms with Gasteiger partial charge in [-0.2, -0.15) is 5.26 Å². The summed E-state index contributed by atoms with van der Waals surface area (Å²) in [5.41, 5.74) is 7.50. The van der Waals surface area contributed by atoms with Gasteiger partial charge in [0.25, 0.3) is 0 Å². The van der Waals surface area contributed by atoms with Crippen LogP contribution in [0.2, 0.25) is 0 Å². The standard InChI is InChI=1S/C13H16BrN3/c14-10-1-6-13(9(7-10)8-15)17-12-4-2-11(16)3-5-12/h1,6-7,11-12,17H,2-5,16H2. The molecule has 1 fully saturated rings. The van der Waals surface area contributed by atoms with E-state index in [4.69, 9.17) is 11.0 Å². The topological polar surface area (TPSA) is 61.8 Å². The summed E-state index contributed by atoms with van der Waals surface area (Å²) in [5.74, 6) is 0. The molecule has 0 saturated heterocycles. The molecule has 1 saturated carbocycles. The van der Waals surface area contributed by atoms with Crippen molar-refractivity contribution in [1.29, 1.82) is 5.26 Å². The molecule has 0 spiro atoms. The molecule has 0 bridgehead atoms. The lowest BCUT2D eigenvalue weighted by Crippen LogP contribution is -2.32. The molecule has 1 aliphatic rings. The molecule has 0 amide bonds. The van der Waals surface area contributed by atoms with Crippen molar-refractivity contribution in [3.63, 3.8) is 0 Å². The highest BCUT2D eigenvalue weighted by Crippen LogP contribution is 2.25. The van der Waals surface area contributed by atoms with E-state index in [2.05, 4.69) is 27.3 Å². The van der Waals surface area contributed by atoms with E-state index in [1.807, 2.05) is 18.2 Å². The molecule has 3 nitrogen and oxygen atoms in total. The van der Waals surface area contributed by atoms with E-state index in [-0.39, 0.29) is 0 Å². The first kappa shape index (κ1) is 12.4. The van der Waals surface area contributed by atoms with Crippen molar-refractivity contribution in [1.82, 2.24) is 0 Å². The summed E-state index contributed by atoms with van der Waals surface area (Å²) in [6.45, 7) is 0. The summed E-state index contributed by atoms with van der Waals surface area (Å²) in [4.78, 5) is 0. The van der Waals surface area contributed by atoms with E-state index in [1.54, 1.807) is 0 Å². The van der Waals surface area contributed by atoms with Crippen LogP contribution >= 0.6 is 15.9 Å². The third-order valence-electron chi connectivity index (χ3n) is 3.23. The molecule has 1 aromatic rings.